The van der Waals surface area contributed by atoms with E-state index >= 15 is 0 Å². The third-order valence-electron chi connectivity index (χ3n) is 3.36. The summed E-state index contributed by atoms with van der Waals surface area (Å²) in [7, 11) is 1.75. The highest BCUT2D eigenvalue weighted by Crippen LogP contribution is 2.27. The van der Waals surface area contributed by atoms with Crippen LogP contribution in [0.3, 0.4) is 0 Å². The Morgan fingerprint density at radius 3 is 3.00 bits per heavy atom. The van der Waals surface area contributed by atoms with Gasteiger partial charge >= 0.3 is 0 Å². The summed E-state index contributed by atoms with van der Waals surface area (Å²) in [4.78, 5) is 0. The maximum atomic E-state index is 5.46. The first-order chi connectivity index (χ1) is 7.79. The Kier molecular flexibility index (Phi) is 2.13. The molecule has 1 aliphatic rings. The zero-order valence-electron chi connectivity index (χ0n) is 9.86. The first kappa shape index (κ1) is 9.70. The van der Waals surface area contributed by atoms with Crippen LogP contribution in [-0.2, 0) is 13.1 Å². The van der Waals surface area contributed by atoms with Gasteiger partial charge in [0.25, 0.3) is 0 Å². The number of aromatic nitrogens is 2. The minimum Gasteiger partial charge on any atom is -0.496 e. The van der Waals surface area contributed by atoms with Crippen molar-refractivity contribution in [1.82, 2.24) is 4.68 Å². The van der Waals surface area contributed by atoms with Gasteiger partial charge in [-0.2, -0.15) is 4.68 Å². The Morgan fingerprint density at radius 2 is 2.19 bits per heavy atom. The topological polar surface area (TPSA) is 18.0 Å². The number of ether oxygens (including phenoxy) is 1. The number of rotatable bonds is 1. The molecule has 0 unspecified atom stereocenters. The molecule has 0 amide bonds. The van der Waals surface area contributed by atoms with Crippen LogP contribution in [0.5, 0.6) is 5.75 Å². The molecule has 84 valence electrons. The quantitative estimate of drug-likeness (QED) is 0.668. The second-order valence-corrected chi connectivity index (χ2v) is 4.52. The summed E-state index contributed by atoms with van der Waals surface area (Å²) >= 11 is 0. The van der Waals surface area contributed by atoms with Crippen LogP contribution in [0, 0.1) is 6.92 Å². The lowest BCUT2D eigenvalue weighted by molar-refractivity contribution is -0.779. The molecule has 2 heterocycles. The molecule has 3 nitrogen and oxygen atoms in total. The van der Waals surface area contributed by atoms with Gasteiger partial charge in [0.1, 0.15) is 16.7 Å². The van der Waals surface area contributed by atoms with Gasteiger partial charge in [-0.1, -0.05) is 0 Å². The molecular formula is C13H17N2O+. The molecule has 2 aromatic rings. The van der Waals surface area contributed by atoms with E-state index in [0.29, 0.717) is 0 Å². The van der Waals surface area contributed by atoms with Gasteiger partial charge in [0, 0.05) is 6.42 Å². The zero-order chi connectivity index (χ0) is 11.1. The molecule has 0 saturated carbocycles. The number of benzene rings is 1. The van der Waals surface area contributed by atoms with Crippen molar-refractivity contribution >= 4 is 10.9 Å². The maximum Gasteiger partial charge on any atom is 0.207 e. The van der Waals surface area contributed by atoms with Gasteiger partial charge in [-0.25, -0.2) is 0 Å². The summed E-state index contributed by atoms with van der Waals surface area (Å²) in [6.45, 7) is 4.36. The Labute approximate surface area is 95.2 Å². The number of fused-ring (bicyclic) bond motifs is 3. The molecule has 1 aromatic carbocycles. The number of hydrogen-bond donors (Lipinski definition) is 0. The van der Waals surface area contributed by atoms with Gasteiger partial charge in [0.15, 0.2) is 6.54 Å². The van der Waals surface area contributed by atoms with Crippen LogP contribution in [0.2, 0.25) is 0 Å². The highest BCUT2D eigenvalue weighted by atomic mass is 16.5. The third kappa shape index (κ3) is 1.31. The Morgan fingerprint density at radius 1 is 1.31 bits per heavy atom. The lowest BCUT2D eigenvalue weighted by atomic mass is 10.1. The number of aryl methyl sites for hydroxylation is 3. The Hall–Kier alpha value is -1.51. The average molecular weight is 217 g/mol. The fourth-order valence-corrected chi connectivity index (χ4v) is 2.58. The number of methoxy groups -OCH3 is 1. The average Bonchev–Trinajstić information content (AvgIpc) is 2.67. The van der Waals surface area contributed by atoms with Crippen LogP contribution in [-0.4, -0.2) is 11.8 Å². The van der Waals surface area contributed by atoms with E-state index in [2.05, 4.69) is 34.6 Å². The van der Waals surface area contributed by atoms with Crippen LogP contribution in [0.15, 0.2) is 18.3 Å². The minimum absolute atomic E-state index is 0.990. The smallest absolute Gasteiger partial charge is 0.207 e. The SMILES string of the molecule is COc1cc(C)cc2c1c[n+]1n2CCCC1. The first-order valence-electron chi connectivity index (χ1n) is 5.87. The normalized spacial score (nSPS) is 15.1. The van der Waals surface area contributed by atoms with E-state index in [-0.39, 0.29) is 0 Å². The second-order valence-electron chi connectivity index (χ2n) is 4.52. The van der Waals surface area contributed by atoms with Crippen molar-refractivity contribution < 1.29 is 9.42 Å². The molecule has 0 spiro atoms. The Bertz CT molecular complexity index is 542. The fraction of sp³-hybridized carbons (Fsp3) is 0.462. The van der Waals surface area contributed by atoms with Crippen LogP contribution >= 0.6 is 0 Å². The number of hydrogen-bond acceptors (Lipinski definition) is 1. The molecule has 0 saturated heterocycles. The summed E-state index contributed by atoms with van der Waals surface area (Å²) in [5, 5.41) is 1.23. The third-order valence-corrected chi connectivity index (χ3v) is 3.36. The molecule has 0 atom stereocenters. The Balaban J connectivity index is 2.33. The van der Waals surface area contributed by atoms with E-state index in [1.165, 1.54) is 29.3 Å². The predicted octanol–water partition coefficient (Wildman–Crippen LogP) is 2.04. The molecule has 16 heavy (non-hydrogen) atoms. The van der Waals surface area contributed by atoms with Gasteiger partial charge in [-0.15, -0.1) is 4.68 Å². The van der Waals surface area contributed by atoms with E-state index in [9.17, 15) is 0 Å². The molecule has 1 aliphatic heterocycles. The maximum absolute atomic E-state index is 5.46. The lowest BCUT2D eigenvalue weighted by Crippen LogP contribution is -2.45. The molecular weight excluding hydrogens is 200 g/mol. The van der Waals surface area contributed by atoms with E-state index in [1.807, 2.05) is 0 Å². The lowest BCUT2D eigenvalue weighted by Gasteiger charge is -2.09. The monoisotopic (exact) mass is 217 g/mol. The molecule has 0 fully saturated rings. The summed E-state index contributed by atoms with van der Waals surface area (Å²) < 4.78 is 10.1. The largest absolute Gasteiger partial charge is 0.496 e. The van der Waals surface area contributed by atoms with Gasteiger partial charge < -0.3 is 4.74 Å². The molecule has 3 rings (SSSR count). The molecule has 0 bridgehead atoms. The van der Waals surface area contributed by atoms with Crippen LogP contribution in [0.1, 0.15) is 18.4 Å². The summed E-state index contributed by atoms with van der Waals surface area (Å²) in [5.41, 5.74) is 2.56. The van der Waals surface area contributed by atoms with E-state index in [1.54, 1.807) is 7.11 Å². The van der Waals surface area contributed by atoms with Crippen LogP contribution in [0.4, 0.5) is 0 Å². The molecule has 3 heteroatoms. The first-order valence-corrected chi connectivity index (χ1v) is 5.87. The number of nitrogens with zero attached hydrogens (tertiary/aromatic N) is 2. The summed E-state index contributed by atoms with van der Waals surface area (Å²) in [5.74, 6) is 0.990. The van der Waals surface area contributed by atoms with Crippen molar-refractivity contribution in [1.29, 1.82) is 0 Å². The van der Waals surface area contributed by atoms with Crippen LogP contribution < -0.4 is 9.42 Å². The van der Waals surface area contributed by atoms with Crippen molar-refractivity contribution in [3.05, 3.63) is 23.9 Å². The predicted molar refractivity (Wildman–Crippen MR) is 62.7 cm³/mol. The van der Waals surface area contributed by atoms with Gasteiger partial charge in [-0.05, 0) is 31.0 Å². The van der Waals surface area contributed by atoms with Crippen LogP contribution in [0.25, 0.3) is 10.9 Å². The van der Waals surface area contributed by atoms with Gasteiger partial charge in [0.2, 0.25) is 6.20 Å². The molecule has 1 aromatic heterocycles. The van der Waals surface area contributed by atoms with Gasteiger partial charge in [0.05, 0.1) is 13.7 Å². The fourth-order valence-electron chi connectivity index (χ4n) is 2.58. The molecule has 0 aliphatic carbocycles. The zero-order valence-corrected chi connectivity index (χ0v) is 9.86. The molecule has 0 radical (unpaired) electrons. The van der Waals surface area contributed by atoms with E-state index in [0.717, 1.165) is 18.8 Å². The van der Waals surface area contributed by atoms with Gasteiger partial charge in [-0.3, -0.25) is 0 Å². The van der Waals surface area contributed by atoms with Crippen molar-refractivity contribution in [3.8, 4) is 5.75 Å². The standard InChI is InChI=1S/C13H17N2O/c1-10-7-12-11(13(8-10)16-2)9-14-5-3-4-6-15(12)14/h7-9H,3-6H2,1-2H3/q+1. The minimum atomic E-state index is 0.990. The van der Waals surface area contributed by atoms with E-state index < -0.39 is 0 Å². The molecule has 0 N–H and O–H groups in total. The summed E-state index contributed by atoms with van der Waals surface area (Å²) in [6.07, 6.45) is 4.77. The van der Waals surface area contributed by atoms with Crippen molar-refractivity contribution in [2.24, 2.45) is 0 Å². The van der Waals surface area contributed by atoms with Crippen molar-refractivity contribution in [3.63, 3.8) is 0 Å². The highest BCUT2D eigenvalue weighted by molar-refractivity contribution is 5.85. The van der Waals surface area contributed by atoms with Crippen molar-refractivity contribution in [2.45, 2.75) is 32.9 Å². The second kappa shape index (κ2) is 3.51. The summed E-state index contributed by atoms with van der Waals surface area (Å²) in [6, 6.07) is 4.36. The van der Waals surface area contributed by atoms with Crippen molar-refractivity contribution in [2.75, 3.05) is 7.11 Å². The van der Waals surface area contributed by atoms with E-state index in [4.69, 9.17) is 4.74 Å². The highest BCUT2D eigenvalue weighted by Gasteiger charge is 2.21.